The summed E-state index contributed by atoms with van der Waals surface area (Å²) in [5, 5.41) is 2.89. The van der Waals surface area contributed by atoms with E-state index in [0.29, 0.717) is 51.4 Å². The fraction of sp³-hybridized carbons (Fsp3) is 0.364. The number of morpholine rings is 1. The summed E-state index contributed by atoms with van der Waals surface area (Å²) in [5.41, 5.74) is 0.857. The van der Waals surface area contributed by atoms with Gasteiger partial charge in [0.25, 0.3) is 0 Å². The number of nitrogens with one attached hydrogen (secondary N) is 1. The Morgan fingerprint density at radius 2 is 1.68 bits per heavy atom. The standard InChI is InChI=1S/C22H24N2O4/c25-20(22(10-11-22)21(26)24-12-14-27-15-13-24)23-18-6-8-19(9-7-18)28-16-17-4-2-1-3-5-17/h1-9H,10-16H2,(H,23,25). The third kappa shape index (κ3) is 4.02. The monoisotopic (exact) mass is 380 g/mol. The van der Waals surface area contributed by atoms with Gasteiger partial charge in [0.2, 0.25) is 11.8 Å². The molecule has 1 aliphatic carbocycles. The van der Waals surface area contributed by atoms with Gasteiger partial charge < -0.3 is 19.7 Å². The quantitative estimate of drug-likeness (QED) is 0.783. The Kier molecular flexibility index (Phi) is 5.30. The van der Waals surface area contributed by atoms with Gasteiger partial charge in [0.05, 0.1) is 13.2 Å². The number of amides is 2. The molecule has 6 nitrogen and oxygen atoms in total. The van der Waals surface area contributed by atoms with E-state index >= 15 is 0 Å². The van der Waals surface area contributed by atoms with Gasteiger partial charge in [-0.1, -0.05) is 30.3 Å². The molecular formula is C22H24N2O4. The van der Waals surface area contributed by atoms with E-state index in [0.717, 1.165) is 11.3 Å². The third-order valence-electron chi connectivity index (χ3n) is 5.25. The van der Waals surface area contributed by atoms with Crippen LogP contribution in [0, 0.1) is 5.41 Å². The second kappa shape index (κ2) is 8.02. The molecule has 6 heteroatoms. The Morgan fingerprint density at radius 1 is 1.00 bits per heavy atom. The summed E-state index contributed by atoms with van der Waals surface area (Å²) in [7, 11) is 0. The van der Waals surface area contributed by atoms with E-state index in [1.54, 1.807) is 17.0 Å². The zero-order chi connectivity index (χ0) is 19.4. The molecule has 0 atom stereocenters. The topological polar surface area (TPSA) is 67.9 Å². The van der Waals surface area contributed by atoms with Crippen LogP contribution in [-0.4, -0.2) is 43.0 Å². The van der Waals surface area contributed by atoms with Crippen LogP contribution in [0.15, 0.2) is 54.6 Å². The van der Waals surface area contributed by atoms with Crippen LogP contribution in [0.4, 0.5) is 5.69 Å². The van der Waals surface area contributed by atoms with Crippen molar-refractivity contribution in [2.24, 2.45) is 5.41 Å². The van der Waals surface area contributed by atoms with E-state index in [2.05, 4.69) is 5.32 Å². The van der Waals surface area contributed by atoms with E-state index in [4.69, 9.17) is 9.47 Å². The van der Waals surface area contributed by atoms with E-state index in [1.165, 1.54) is 0 Å². The Hall–Kier alpha value is -2.86. The Morgan fingerprint density at radius 3 is 2.32 bits per heavy atom. The minimum absolute atomic E-state index is 0.0730. The first kappa shape index (κ1) is 18.5. The lowest BCUT2D eigenvalue weighted by Gasteiger charge is -2.30. The van der Waals surface area contributed by atoms with Gasteiger partial charge in [-0.2, -0.15) is 0 Å². The highest BCUT2D eigenvalue weighted by atomic mass is 16.5. The van der Waals surface area contributed by atoms with Crippen molar-refractivity contribution in [3.63, 3.8) is 0 Å². The molecule has 0 unspecified atom stereocenters. The average Bonchev–Trinajstić information content (AvgIpc) is 3.56. The average molecular weight is 380 g/mol. The molecule has 2 aliphatic rings. The molecule has 1 heterocycles. The van der Waals surface area contributed by atoms with Gasteiger partial charge in [-0.25, -0.2) is 0 Å². The molecule has 2 aromatic rings. The van der Waals surface area contributed by atoms with Crippen LogP contribution in [0.3, 0.4) is 0 Å². The number of benzene rings is 2. The number of ether oxygens (including phenoxy) is 2. The molecule has 1 aliphatic heterocycles. The van der Waals surface area contributed by atoms with Crippen LogP contribution in [0.2, 0.25) is 0 Å². The zero-order valence-corrected chi connectivity index (χ0v) is 15.7. The van der Waals surface area contributed by atoms with Gasteiger partial charge in [-0.05, 0) is 42.7 Å². The van der Waals surface area contributed by atoms with Crippen molar-refractivity contribution in [2.75, 3.05) is 31.6 Å². The number of carbonyl (C=O) groups is 2. The van der Waals surface area contributed by atoms with Crippen LogP contribution in [0.1, 0.15) is 18.4 Å². The zero-order valence-electron chi connectivity index (χ0n) is 15.7. The summed E-state index contributed by atoms with van der Waals surface area (Å²) >= 11 is 0. The smallest absolute Gasteiger partial charge is 0.240 e. The fourth-order valence-electron chi connectivity index (χ4n) is 3.36. The maximum absolute atomic E-state index is 12.8. The van der Waals surface area contributed by atoms with Gasteiger partial charge in [-0.15, -0.1) is 0 Å². The number of rotatable bonds is 6. The third-order valence-corrected chi connectivity index (χ3v) is 5.25. The van der Waals surface area contributed by atoms with E-state index in [1.807, 2.05) is 42.5 Å². The molecular weight excluding hydrogens is 356 g/mol. The number of nitrogens with zero attached hydrogens (tertiary/aromatic N) is 1. The first-order valence-corrected chi connectivity index (χ1v) is 9.63. The second-order valence-corrected chi connectivity index (χ2v) is 7.24. The van der Waals surface area contributed by atoms with Gasteiger partial charge >= 0.3 is 0 Å². The van der Waals surface area contributed by atoms with Gasteiger partial charge in [0.1, 0.15) is 17.8 Å². The number of hydrogen-bond donors (Lipinski definition) is 1. The Balaban J connectivity index is 1.33. The summed E-state index contributed by atoms with van der Waals surface area (Å²) in [4.78, 5) is 27.3. The van der Waals surface area contributed by atoms with Crippen LogP contribution in [-0.2, 0) is 20.9 Å². The summed E-state index contributed by atoms with van der Waals surface area (Å²) in [5.74, 6) is 0.436. The molecule has 146 valence electrons. The molecule has 2 aromatic carbocycles. The molecule has 0 radical (unpaired) electrons. The number of hydrogen-bond acceptors (Lipinski definition) is 4. The summed E-state index contributed by atoms with van der Waals surface area (Å²) in [6.45, 7) is 2.67. The molecule has 0 spiro atoms. The van der Waals surface area contributed by atoms with Gasteiger partial charge in [0.15, 0.2) is 0 Å². The molecule has 2 fully saturated rings. The largest absolute Gasteiger partial charge is 0.489 e. The molecule has 0 bridgehead atoms. The van der Waals surface area contributed by atoms with Crippen LogP contribution < -0.4 is 10.1 Å². The van der Waals surface area contributed by atoms with Crippen LogP contribution in [0.25, 0.3) is 0 Å². The van der Waals surface area contributed by atoms with E-state index < -0.39 is 5.41 Å². The SMILES string of the molecule is O=C(Nc1ccc(OCc2ccccc2)cc1)C1(C(=O)N2CCOCC2)CC1. The molecule has 1 saturated heterocycles. The minimum atomic E-state index is -0.903. The maximum Gasteiger partial charge on any atom is 0.240 e. The highest BCUT2D eigenvalue weighted by Gasteiger charge is 2.58. The predicted octanol–water partition coefficient (Wildman–Crippen LogP) is 2.84. The predicted molar refractivity (Wildman–Crippen MR) is 105 cm³/mol. The minimum Gasteiger partial charge on any atom is -0.489 e. The van der Waals surface area contributed by atoms with Crippen molar-refractivity contribution >= 4 is 17.5 Å². The maximum atomic E-state index is 12.8. The first-order valence-electron chi connectivity index (χ1n) is 9.63. The second-order valence-electron chi connectivity index (χ2n) is 7.24. The summed E-state index contributed by atoms with van der Waals surface area (Å²) in [6.07, 6.45) is 1.21. The number of anilines is 1. The van der Waals surface area contributed by atoms with Gasteiger partial charge in [-0.3, -0.25) is 9.59 Å². The lowest BCUT2D eigenvalue weighted by Crippen LogP contribution is -2.47. The summed E-state index contributed by atoms with van der Waals surface area (Å²) in [6, 6.07) is 17.2. The molecule has 2 amide bonds. The van der Waals surface area contributed by atoms with E-state index in [-0.39, 0.29) is 11.8 Å². The van der Waals surface area contributed by atoms with Crippen molar-refractivity contribution in [3.05, 3.63) is 60.2 Å². The molecule has 28 heavy (non-hydrogen) atoms. The normalized spacial score (nSPS) is 17.6. The Bertz CT molecular complexity index is 825. The van der Waals surface area contributed by atoms with Crippen molar-refractivity contribution in [1.29, 1.82) is 0 Å². The van der Waals surface area contributed by atoms with Crippen molar-refractivity contribution in [3.8, 4) is 5.75 Å². The lowest BCUT2D eigenvalue weighted by atomic mass is 10.0. The highest BCUT2D eigenvalue weighted by Crippen LogP contribution is 2.48. The van der Waals surface area contributed by atoms with Crippen LogP contribution in [0.5, 0.6) is 5.75 Å². The molecule has 1 N–H and O–H groups in total. The Labute approximate surface area is 164 Å². The summed E-state index contributed by atoms with van der Waals surface area (Å²) < 4.78 is 11.1. The van der Waals surface area contributed by atoms with E-state index in [9.17, 15) is 9.59 Å². The lowest BCUT2D eigenvalue weighted by molar-refractivity contribution is -0.145. The number of carbonyl (C=O) groups excluding carboxylic acids is 2. The molecule has 0 aromatic heterocycles. The fourth-order valence-corrected chi connectivity index (χ4v) is 3.36. The van der Waals surface area contributed by atoms with Crippen molar-refractivity contribution in [2.45, 2.75) is 19.4 Å². The van der Waals surface area contributed by atoms with Crippen molar-refractivity contribution in [1.82, 2.24) is 4.90 Å². The highest BCUT2D eigenvalue weighted by molar-refractivity contribution is 6.13. The first-order chi connectivity index (χ1) is 13.7. The molecule has 1 saturated carbocycles. The van der Waals surface area contributed by atoms with Crippen molar-refractivity contribution < 1.29 is 19.1 Å². The van der Waals surface area contributed by atoms with Crippen LogP contribution >= 0.6 is 0 Å². The van der Waals surface area contributed by atoms with Gasteiger partial charge in [0, 0.05) is 18.8 Å². The molecule has 4 rings (SSSR count).